The largest absolute Gasteiger partial charge is 0.496 e. The van der Waals surface area contributed by atoms with Gasteiger partial charge in [0, 0.05) is 23.9 Å². The van der Waals surface area contributed by atoms with Gasteiger partial charge >= 0.3 is 0 Å². The van der Waals surface area contributed by atoms with Gasteiger partial charge in [-0.3, -0.25) is 9.88 Å². The van der Waals surface area contributed by atoms with E-state index >= 15 is 0 Å². The van der Waals surface area contributed by atoms with Gasteiger partial charge in [0.2, 0.25) is 0 Å². The van der Waals surface area contributed by atoms with Crippen molar-refractivity contribution in [3.05, 3.63) is 23.0 Å². The van der Waals surface area contributed by atoms with E-state index in [9.17, 15) is 5.11 Å². The van der Waals surface area contributed by atoms with Crippen LogP contribution in [0.25, 0.3) is 0 Å². The molecule has 0 aromatic carbocycles. The van der Waals surface area contributed by atoms with Crippen LogP contribution in [0.2, 0.25) is 0 Å². The molecule has 4 heteroatoms. The van der Waals surface area contributed by atoms with Gasteiger partial charge in [0.15, 0.2) is 0 Å². The Kier molecular flexibility index (Phi) is 5.00. The lowest BCUT2D eigenvalue weighted by molar-refractivity contribution is 0.0690. The lowest BCUT2D eigenvalue weighted by atomic mass is 9.92. The van der Waals surface area contributed by atoms with Gasteiger partial charge < -0.3 is 9.84 Å². The van der Waals surface area contributed by atoms with Crippen LogP contribution in [0.15, 0.2) is 6.20 Å². The fourth-order valence-electron chi connectivity index (χ4n) is 3.04. The van der Waals surface area contributed by atoms with Gasteiger partial charge in [-0.2, -0.15) is 0 Å². The number of methoxy groups -OCH3 is 1. The van der Waals surface area contributed by atoms with Gasteiger partial charge in [0.05, 0.1) is 18.9 Å². The highest BCUT2D eigenvalue weighted by molar-refractivity contribution is 5.41. The number of rotatable bonds is 4. The monoisotopic (exact) mass is 278 g/mol. The van der Waals surface area contributed by atoms with Crippen LogP contribution in [0.3, 0.4) is 0 Å². The number of ether oxygens (including phenoxy) is 1. The Morgan fingerprint density at radius 2 is 2.05 bits per heavy atom. The number of aliphatic hydroxyl groups is 1. The second kappa shape index (κ2) is 6.55. The van der Waals surface area contributed by atoms with Gasteiger partial charge in [-0.25, -0.2) is 0 Å². The van der Waals surface area contributed by atoms with E-state index in [1.807, 2.05) is 20.0 Å². The molecule has 1 aliphatic heterocycles. The molecule has 0 spiro atoms. The Hall–Kier alpha value is -1.13. The second-order valence-corrected chi connectivity index (χ2v) is 5.90. The van der Waals surface area contributed by atoms with Gasteiger partial charge in [0.1, 0.15) is 5.75 Å². The molecule has 0 radical (unpaired) electrons. The predicted molar refractivity (Wildman–Crippen MR) is 79.9 cm³/mol. The third-order valence-corrected chi connectivity index (χ3v) is 4.44. The number of hydrogen-bond acceptors (Lipinski definition) is 4. The first-order valence-corrected chi connectivity index (χ1v) is 7.42. The minimum Gasteiger partial charge on any atom is -0.496 e. The molecule has 4 nitrogen and oxygen atoms in total. The smallest absolute Gasteiger partial charge is 0.128 e. The maximum absolute atomic E-state index is 9.65. The van der Waals surface area contributed by atoms with Crippen LogP contribution >= 0.6 is 0 Å². The molecule has 1 atom stereocenters. The summed E-state index contributed by atoms with van der Waals surface area (Å²) in [6.45, 7) is 8.94. The number of aliphatic hydroxyl groups excluding tert-OH is 1. The average molecular weight is 278 g/mol. The summed E-state index contributed by atoms with van der Waals surface area (Å²) < 4.78 is 5.46. The van der Waals surface area contributed by atoms with Crippen molar-refractivity contribution in [3.63, 3.8) is 0 Å². The summed E-state index contributed by atoms with van der Waals surface area (Å²) in [5.41, 5.74) is 3.33. The van der Waals surface area contributed by atoms with Crippen molar-refractivity contribution in [2.24, 2.45) is 5.92 Å². The standard InChI is InChI=1S/C16H26N2O2/c1-11-9-17-15(12(2)16(11)20-4)10-18-7-5-14(6-8-18)13(3)19/h9,13-14,19H,5-8,10H2,1-4H3. The van der Waals surface area contributed by atoms with Crippen molar-refractivity contribution in [1.29, 1.82) is 0 Å². The molecule has 20 heavy (non-hydrogen) atoms. The van der Waals surface area contributed by atoms with Gasteiger partial charge in [-0.15, -0.1) is 0 Å². The van der Waals surface area contributed by atoms with E-state index in [-0.39, 0.29) is 6.10 Å². The number of piperidine rings is 1. The van der Waals surface area contributed by atoms with Crippen LogP contribution in [-0.2, 0) is 6.54 Å². The molecule has 1 aliphatic rings. The summed E-state index contributed by atoms with van der Waals surface area (Å²) in [7, 11) is 1.72. The SMILES string of the molecule is COc1c(C)cnc(CN2CCC(C(C)O)CC2)c1C. The van der Waals surface area contributed by atoms with Crippen LogP contribution in [0.1, 0.15) is 36.6 Å². The third-order valence-electron chi connectivity index (χ3n) is 4.44. The van der Waals surface area contributed by atoms with Crippen molar-refractivity contribution >= 4 is 0 Å². The summed E-state index contributed by atoms with van der Waals surface area (Å²) in [5.74, 6) is 1.40. The molecule has 2 rings (SSSR count). The van der Waals surface area contributed by atoms with E-state index in [4.69, 9.17) is 4.74 Å². The normalized spacial score (nSPS) is 19.1. The fourth-order valence-corrected chi connectivity index (χ4v) is 3.04. The molecule has 0 amide bonds. The number of nitrogens with zero attached hydrogens (tertiary/aromatic N) is 2. The summed E-state index contributed by atoms with van der Waals surface area (Å²) in [4.78, 5) is 6.98. The molecular weight excluding hydrogens is 252 g/mol. The molecule has 1 aromatic rings. The lowest BCUT2D eigenvalue weighted by Gasteiger charge is -2.33. The fraction of sp³-hybridized carbons (Fsp3) is 0.688. The van der Waals surface area contributed by atoms with Crippen LogP contribution in [0.5, 0.6) is 5.75 Å². The molecule has 0 bridgehead atoms. The maximum atomic E-state index is 9.65. The number of aromatic nitrogens is 1. The van der Waals surface area contributed by atoms with E-state index in [0.29, 0.717) is 5.92 Å². The van der Waals surface area contributed by atoms with Gasteiger partial charge in [-0.05, 0) is 52.6 Å². The first-order chi connectivity index (χ1) is 9.52. The maximum Gasteiger partial charge on any atom is 0.128 e. The molecule has 1 saturated heterocycles. The van der Waals surface area contributed by atoms with Crippen LogP contribution in [0.4, 0.5) is 0 Å². The Bertz CT molecular complexity index is 452. The second-order valence-electron chi connectivity index (χ2n) is 5.90. The van der Waals surface area contributed by atoms with E-state index in [1.165, 1.54) is 0 Å². The Morgan fingerprint density at radius 3 is 2.60 bits per heavy atom. The summed E-state index contributed by atoms with van der Waals surface area (Å²) >= 11 is 0. The zero-order chi connectivity index (χ0) is 14.7. The van der Waals surface area contributed by atoms with Crippen molar-refractivity contribution in [3.8, 4) is 5.75 Å². The number of aryl methyl sites for hydroxylation is 1. The summed E-state index contributed by atoms with van der Waals surface area (Å²) in [6.07, 6.45) is 3.85. The molecule has 112 valence electrons. The molecule has 1 N–H and O–H groups in total. The molecule has 1 fully saturated rings. The number of likely N-dealkylation sites (tertiary alicyclic amines) is 1. The van der Waals surface area contributed by atoms with E-state index in [1.54, 1.807) is 7.11 Å². The zero-order valence-corrected chi connectivity index (χ0v) is 13.0. The number of hydrogen-bond donors (Lipinski definition) is 1. The molecule has 2 heterocycles. The minimum absolute atomic E-state index is 0.184. The predicted octanol–water partition coefficient (Wildman–Crippen LogP) is 2.30. The van der Waals surface area contributed by atoms with Gasteiger partial charge in [0.25, 0.3) is 0 Å². The minimum atomic E-state index is -0.184. The van der Waals surface area contributed by atoms with Crippen LogP contribution in [-0.4, -0.2) is 41.3 Å². The summed E-state index contributed by atoms with van der Waals surface area (Å²) in [5, 5.41) is 9.65. The highest BCUT2D eigenvalue weighted by Crippen LogP contribution is 2.26. The molecule has 0 saturated carbocycles. The lowest BCUT2D eigenvalue weighted by Crippen LogP contribution is -2.36. The molecular formula is C16H26N2O2. The Labute approximate surface area is 121 Å². The van der Waals surface area contributed by atoms with E-state index in [2.05, 4.69) is 16.8 Å². The van der Waals surface area contributed by atoms with Crippen LogP contribution < -0.4 is 4.74 Å². The van der Waals surface area contributed by atoms with Crippen molar-refractivity contribution < 1.29 is 9.84 Å². The topological polar surface area (TPSA) is 45.6 Å². The number of pyridine rings is 1. The van der Waals surface area contributed by atoms with Crippen molar-refractivity contribution in [2.45, 2.75) is 46.3 Å². The average Bonchev–Trinajstić information content (AvgIpc) is 2.43. The quantitative estimate of drug-likeness (QED) is 0.918. The first-order valence-electron chi connectivity index (χ1n) is 7.42. The third kappa shape index (κ3) is 3.30. The van der Waals surface area contributed by atoms with E-state index < -0.39 is 0 Å². The zero-order valence-electron chi connectivity index (χ0n) is 13.0. The Balaban J connectivity index is 2.01. The van der Waals surface area contributed by atoms with E-state index in [0.717, 1.165) is 55.0 Å². The highest BCUT2D eigenvalue weighted by Gasteiger charge is 2.23. The molecule has 1 aromatic heterocycles. The van der Waals surface area contributed by atoms with Gasteiger partial charge in [-0.1, -0.05) is 0 Å². The Morgan fingerprint density at radius 1 is 1.40 bits per heavy atom. The molecule has 0 aliphatic carbocycles. The summed E-state index contributed by atoms with van der Waals surface area (Å²) in [6, 6.07) is 0. The molecule has 1 unspecified atom stereocenters. The van der Waals surface area contributed by atoms with Crippen molar-refractivity contribution in [2.75, 3.05) is 20.2 Å². The highest BCUT2D eigenvalue weighted by atomic mass is 16.5. The van der Waals surface area contributed by atoms with Crippen molar-refractivity contribution in [1.82, 2.24) is 9.88 Å². The van der Waals surface area contributed by atoms with Crippen LogP contribution in [0, 0.1) is 19.8 Å². The first kappa shape index (κ1) is 15.3.